The van der Waals surface area contributed by atoms with Gasteiger partial charge in [-0.1, -0.05) is 91.0 Å². The van der Waals surface area contributed by atoms with E-state index in [0.29, 0.717) is 5.56 Å². The number of hydrogen-bond acceptors (Lipinski definition) is 1. The maximum Gasteiger partial charge on any atom is 0.0991 e. The molecule has 0 spiro atoms. The molecule has 3 nitrogen and oxygen atoms in total. The Kier molecular flexibility index (Phi) is 4.89. The first-order valence-electron chi connectivity index (χ1n) is 13.4. The van der Waals surface area contributed by atoms with Crippen molar-refractivity contribution < 1.29 is 0 Å². The summed E-state index contributed by atoms with van der Waals surface area (Å²) in [6.07, 6.45) is 0. The van der Waals surface area contributed by atoms with Crippen molar-refractivity contribution in [1.82, 2.24) is 9.13 Å². The summed E-state index contributed by atoms with van der Waals surface area (Å²) in [7, 11) is 0. The SMILES string of the molecule is N#Cc1ccc(-c2ccc(-n3c4ccccc4c4ccccc43)cc2-n2c3ccccc3c3ccccc32)cc1. The monoisotopic (exact) mass is 509 g/mol. The number of para-hydroxylation sites is 4. The van der Waals surface area contributed by atoms with Gasteiger partial charge in [0.15, 0.2) is 0 Å². The van der Waals surface area contributed by atoms with Gasteiger partial charge >= 0.3 is 0 Å². The van der Waals surface area contributed by atoms with Crippen LogP contribution in [-0.4, -0.2) is 9.13 Å². The number of nitrogens with zero attached hydrogens (tertiary/aromatic N) is 3. The fraction of sp³-hybridized carbons (Fsp3) is 0. The van der Waals surface area contributed by atoms with Gasteiger partial charge in [-0.15, -0.1) is 0 Å². The Bertz CT molecular complexity index is 2170. The Morgan fingerprint density at radius 3 is 1.38 bits per heavy atom. The second-order valence-electron chi connectivity index (χ2n) is 10.1. The van der Waals surface area contributed by atoms with Gasteiger partial charge < -0.3 is 9.13 Å². The number of rotatable bonds is 3. The predicted molar refractivity (Wildman–Crippen MR) is 165 cm³/mol. The third kappa shape index (κ3) is 3.24. The summed E-state index contributed by atoms with van der Waals surface area (Å²) in [6.45, 7) is 0. The molecule has 0 radical (unpaired) electrons. The van der Waals surface area contributed by atoms with Crippen molar-refractivity contribution >= 4 is 43.6 Å². The van der Waals surface area contributed by atoms with E-state index < -0.39 is 0 Å². The number of benzene rings is 6. The molecule has 2 aromatic heterocycles. The highest BCUT2D eigenvalue weighted by atomic mass is 15.0. The Balaban J connectivity index is 1.49. The third-order valence-electron chi connectivity index (χ3n) is 7.97. The lowest BCUT2D eigenvalue weighted by atomic mass is 10.0. The van der Waals surface area contributed by atoms with Crippen molar-refractivity contribution in [2.45, 2.75) is 0 Å². The molecule has 8 aromatic rings. The zero-order chi connectivity index (χ0) is 26.6. The van der Waals surface area contributed by atoms with E-state index in [9.17, 15) is 5.26 Å². The molecule has 6 aromatic carbocycles. The molecule has 0 saturated heterocycles. The Hall–Kier alpha value is -5.59. The predicted octanol–water partition coefficient (Wildman–Crippen LogP) is 9.42. The molecule has 2 heterocycles. The van der Waals surface area contributed by atoms with Gasteiger partial charge in [-0.2, -0.15) is 5.26 Å². The lowest BCUT2D eigenvalue weighted by molar-refractivity contribution is 1.14. The van der Waals surface area contributed by atoms with E-state index >= 15 is 0 Å². The van der Waals surface area contributed by atoms with Gasteiger partial charge in [0.05, 0.1) is 39.4 Å². The average Bonchev–Trinajstić information content (AvgIpc) is 3.54. The van der Waals surface area contributed by atoms with E-state index in [2.05, 4.69) is 130 Å². The summed E-state index contributed by atoms with van der Waals surface area (Å²) in [4.78, 5) is 0. The number of nitriles is 1. The van der Waals surface area contributed by atoms with Gasteiger partial charge in [0.25, 0.3) is 0 Å². The topological polar surface area (TPSA) is 33.6 Å². The van der Waals surface area contributed by atoms with Crippen LogP contribution in [0.4, 0.5) is 0 Å². The number of aromatic nitrogens is 2. The zero-order valence-corrected chi connectivity index (χ0v) is 21.6. The van der Waals surface area contributed by atoms with E-state index in [-0.39, 0.29) is 0 Å². The van der Waals surface area contributed by atoms with Gasteiger partial charge in [0.2, 0.25) is 0 Å². The molecular weight excluding hydrogens is 486 g/mol. The average molecular weight is 510 g/mol. The summed E-state index contributed by atoms with van der Waals surface area (Å²) in [6, 6.07) is 51.3. The van der Waals surface area contributed by atoms with E-state index in [4.69, 9.17) is 0 Å². The fourth-order valence-electron chi connectivity index (χ4n) is 6.20. The highest BCUT2D eigenvalue weighted by molar-refractivity contribution is 6.11. The van der Waals surface area contributed by atoms with Crippen LogP contribution in [0.2, 0.25) is 0 Å². The molecule has 0 aliphatic rings. The smallest absolute Gasteiger partial charge is 0.0991 e. The Morgan fingerprint density at radius 2 is 0.900 bits per heavy atom. The van der Waals surface area contributed by atoms with Crippen molar-refractivity contribution in [3.05, 3.63) is 145 Å². The second kappa shape index (κ2) is 8.73. The van der Waals surface area contributed by atoms with Crippen LogP contribution in [-0.2, 0) is 0 Å². The first-order chi connectivity index (χ1) is 19.8. The Morgan fingerprint density at radius 1 is 0.450 bits per heavy atom. The molecule has 0 aliphatic heterocycles. The van der Waals surface area contributed by atoms with Crippen LogP contribution in [0, 0.1) is 11.3 Å². The second-order valence-corrected chi connectivity index (χ2v) is 10.1. The number of hydrogen-bond donors (Lipinski definition) is 0. The molecule has 8 rings (SSSR count). The molecule has 3 heteroatoms. The summed E-state index contributed by atoms with van der Waals surface area (Å²) in [5.41, 5.74) is 9.74. The van der Waals surface area contributed by atoms with E-state index in [1.54, 1.807) is 0 Å². The van der Waals surface area contributed by atoms with E-state index in [1.165, 1.54) is 32.6 Å². The molecule has 0 aliphatic carbocycles. The normalized spacial score (nSPS) is 11.5. The largest absolute Gasteiger partial charge is 0.309 e. The highest BCUT2D eigenvalue weighted by Gasteiger charge is 2.18. The summed E-state index contributed by atoms with van der Waals surface area (Å²) < 4.78 is 4.75. The third-order valence-corrected chi connectivity index (χ3v) is 7.97. The molecule has 0 amide bonds. The summed E-state index contributed by atoms with van der Waals surface area (Å²) in [5.74, 6) is 0. The lowest BCUT2D eigenvalue weighted by Crippen LogP contribution is -2.01. The number of fused-ring (bicyclic) bond motifs is 6. The molecular formula is C37H23N3. The van der Waals surface area contributed by atoms with Crippen LogP contribution in [0.25, 0.3) is 66.1 Å². The minimum absolute atomic E-state index is 0.657. The molecule has 0 unspecified atom stereocenters. The highest BCUT2D eigenvalue weighted by Crippen LogP contribution is 2.39. The van der Waals surface area contributed by atoms with Gasteiger partial charge in [0.1, 0.15) is 0 Å². The molecule has 40 heavy (non-hydrogen) atoms. The molecule has 0 N–H and O–H groups in total. The van der Waals surface area contributed by atoms with Gasteiger partial charge in [0, 0.05) is 32.8 Å². The van der Waals surface area contributed by atoms with Crippen LogP contribution in [0.15, 0.2) is 140 Å². The fourth-order valence-corrected chi connectivity index (χ4v) is 6.20. The maximum atomic E-state index is 9.40. The first-order valence-corrected chi connectivity index (χ1v) is 13.4. The van der Waals surface area contributed by atoms with Gasteiger partial charge in [-0.25, -0.2) is 0 Å². The standard InChI is InChI=1S/C37H23N3/c38-24-25-17-19-26(20-18-25)28-22-21-27(39-33-13-5-1-9-29(33)30-10-2-6-14-34(30)39)23-37(28)40-35-15-7-3-11-31(35)32-12-4-8-16-36(32)40/h1-23H. The molecule has 0 bridgehead atoms. The Labute approximate surface area is 231 Å². The maximum absolute atomic E-state index is 9.40. The van der Waals surface area contributed by atoms with Crippen LogP contribution in [0.3, 0.4) is 0 Å². The molecule has 0 fully saturated rings. The van der Waals surface area contributed by atoms with Crippen molar-refractivity contribution in [3.8, 4) is 28.6 Å². The van der Waals surface area contributed by atoms with Crippen LogP contribution in [0.5, 0.6) is 0 Å². The zero-order valence-electron chi connectivity index (χ0n) is 21.6. The van der Waals surface area contributed by atoms with Crippen LogP contribution < -0.4 is 0 Å². The van der Waals surface area contributed by atoms with E-state index in [0.717, 1.165) is 33.5 Å². The lowest BCUT2D eigenvalue weighted by Gasteiger charge is -2.17. The van der Waals surface area contributed by atoms with Crippen LogP contribution in [0.1, 0.15) is 5.56 Å². The van der Waals surface area contributed by atoms with Gasteiger partial charge in [-0.3, -0.25) is 0 Å². The quantitative estimate of drug-likeness (QED) is 0.233. The first kappa shape index (κ1) is 22.4. The minimum atomic E-state index is 0.657. The summed E-state index contributed by atoms with van der Waals surface area (Å²) >= 11 is 0. The molecule has 0 atom stereocenters. The van der Waals surface area contributed by atoms with Crippen LogP contribution >= 0.6 is 0 Å². The molecule has 186 valence electrons. The van der Waals surface area contributed by atoms with Crippen molar-refractivity contribution in [2.24, 2.45) is 0 Å². The van der Waals surface area contributed by atoms with Gasteiger partial charge in [-0.05, 0) is 54.1 Å². The van der Waals surface area contributed by atoms with Crippen molar-refractivity contribution in [1.29, 1.82) is 5.26 Å². The minimum Gasteiger partial charge on any atom is -0.309 e. The van der Waals surface area contributed by atoms with Crippen molar-refractivity contribution in [2.75, 3.05) is 0 Å². The summed E-state index contributed by atoms with van der Waals surface area (Å²) in [5, 5.41) is 14.3. The molecule has 0 saturated carbocycles. The van der Waals surface area contributed by atoms with E-state index in [1.807, 2.05) is 24.3 Å². The van der Waals surface area contributed by atoms with Crippen molar-refractivity contribution in [3.63, 3.8) is 0 Å².